The molecule has 0 amide bonds. The van der Waals surface area contributed by atoms with Crippen molar-refractivity contribution in [1.29, 1.82) is 0 Å². The molecule has 3 heteroatoms. The zero-order valence-corrected chi connectivity index (χ0v) is 8.28. The topological polar surface area (TPSA) is 30.0 Å². The highest BCUT2D eigenvalue weighted by molar-refractivity contribution is 9.10. The highest BCUT2D eigenvalue weighted by Crippen LogP contribution is 2.17. The maximum atomic E-state index is 10.4. The molecule has 2 nitrogen and oxygen atoms in total. The van der Waals surface area contributed by atoms with Gasteiger partial charge in [-0.15, -0.1) is 0 Å². The lowest BCUT2D eigenvalue weighted by Crippen LogP contribution is -1.86. The molecule has 0 spiro atoms. The van der Waals surface area contributed by atoms with Gasteiger partial charge in [-0.1, -0.05) is 22.0 Å². The third-order valence-corrected chi connectivity index (χ3v) is 2.29. The summed E-state index contributed by atoms with van der Waals surface area (Å²) in [4.78, 5) is 14.6. The summed E-state index contributed by atoms with van der Waals surface area (Å²) in [5, 5.41) is 1.03. The van der Waals surface area contributed by atoms with Crippen LogP contribution < -0.4 is 0 Å². The summed E-state index contributed by atoms with van der Waals surface area (Å²) in [5.74, 6) is 0. The molecule has 0 aliphatic carbocycles. The minimum Gasteiger partial charge on any atom is -0.296 e. The van der Waals surface area contributed by atoms with Crippen LogP contribution in [0.1, 0.15) is 10.5 Å². The molecule has 13 heavy (non-hydrogen) atoms. The van der Waals surface area contributed by atoms with Crippen LogP contribution in [0, 0.1) is 0 Å². The van der Waals surface area contributed by atoms with Gasteiger partial charge in [0.05, 0.1) is 5.52 Å². The Hall–Kier alpha value is -1.22. The maximum Gasteiger partial charge on any atom is 0.168 e. The number of hydrogen-bond acceptors (Lipinski definition) is 2. The van der Waals surface area contributed by atoms with Gasteiger partial charge in [0.25, 0.3) is 0 Å². The van der Waals surface area contributed by atoms with E-state index in [0.29, 0.717) is 5.69 Å². The number of rotatable bonds is 1. The van der Waals surface area contributed by atoms with Crippen molar-refractivity contribution < 1.29 is 4.79 Å². The zero-order valence-electron chi connectivity index (χ0n) is 6.70. The number of halogens is 1. The molecule has 2 aromatic rings. The summed E-state index contributed by atoms with van der Waals surface area (Å²) in [5.41, 5.74) is 1.31. The van der Waals surface area contributed by atoms with Crippen LogP contribution in [0.4, 0.5) is 0 Å². The number of carbonyl (C=O) groups excluding carboxylic acids is 1. The lowest BCUT2D eigenvalue weighted by molar-refractivity contribution is 0.111. The van der Waals surface area contributed by atoms with Crippen molar-refractivity contribution in [3.63, 3.8) is 0 Å². The molecule has 0 unspecified atom stereocenters. The minimum atomic E-state index is 0.467. The largest absolute Gasteiger partial charge is 0.296 e. The molecular weight excluding hydrogens is 230 g/mol. The maximum absolute atomic E-state index is 10.4. The number of benzene rings is 1. The monoisotopic (exact) mass is 235 g/mol. The number of carbonyl (C=O) groups is 1. The molecule has 0 bridgehead atoms. The average molecular weight is 236 g/mol. The van der Waals surface area contributed by atoms with E-state index < -0.39 is 0 Å². The first kappa shape index (κ1) is 8.38. The van der Waals surface area contributed by atoms with E-state index in [0.717, 1.165) is 21.7 Å². The van der Waals surface area contributed by atoms with Crippen LogP contribution in [-0.2, 0) is 0 Å². The molecule has 1 heterocycles. The third kappa shape index (κ3) is 1.60. The molecular formula is C10H6BrNO. The van der Waals surface area contributed by atoms with E-state index in [-0.39, 0.29) is 0 Å². The van der Waals surface area contributed by atoms with Crippen LogP contribution >= 0.6 is 15.9 Å². The van der Waals surface area contributed by atoms with Gasteiger partial charge in [0.2, 0.25) is 0 Å². The molecule has 0 N–H and O–H groups in total. The van der Waals surface area contributed by atoms with Gasteiger partial charge in [-0.25, -0.2) is 4.98 Å². The highest BCUT2D eigenvalue weighted by atomic mass is 79.9. The van der Waals surface area contributed by atoms with E-state index in [2.05, 4.69) is 20.9 Å². The molecule has 0 saturated carbocycles. The molecule has 2 rings (SSSR count). The van der Waals surface area contributed by atoms with Crippen LogP contribution in [0.25, 0.3) is 10.9 Å². The number of aromatic nitrogens is 1. The molecule has 64 valence electrons. The Balaban J connectivity index is 2.73. The molecule has 1 aromatic carbocycles. The number of hydrogen-bond donors (Lipinski definition) is 0. The van der Waals surface area contributed by atoms with Crippen LogP contribution in [0.2, 0.25) is 0 Å². The third-order valence-electron chi connectivity index (χ3n) is 1.79. The van der Waals surface area contributed by atoms with Gasteiger partial charge in [-0.3, -0.25) is 4.79 Å². The fraction of sp³-hybridized carbons (Fsp3) is 0. The van der Waals surface area contributed by atoms with Gasteiger partial charge < -0.3 is 0 Å². The smallest absolute Gasteiger partial charge is 0.168 e. The standard InChI is InChI=1S/C10H6BrNO/c11-8-2-4-10-7(5-8)1-3-9(6-13)12-10/h1-6H. The zero-order chi connectivity index (χ0) is 9.26. The van der Waals surface area contributed by atoms with Crippen molar-refractivity contribution in [2.75, 3.05) is 0 Å². The molecule has 0 aliphatic rings. The molecule has 0 saturated heterocycles. The second kappa shape index (κ2) is 3.26. The summed E-state index contributed by atoms with van der Waals surface area (Å²) < 4.78 is 1.01. The number of aldehydes is 1. The Kier molecular flexibility index (Phi) is 2.10. The van der Waals surface area contributed by atoms with Crippen LogP contribution in [0.15, 0.2) is 34.8 Å². The highest BCUT2D eigenvalue weighted by Gasteiger charge is 1.97. The SMILES string of the molecule is O=Cc1ccc2cc(Br)ccc2n1. The Labute approximate surface area is 83.7 Å². The number of fused-ring (bicyclic) bond motifs is 1. The van der Waals surface area contributed by atoms with Gasteiger partial charge in [-0.05, 0) is 24.3 Å². The molecule has 0 atom stereocenters. The van der Waals surface area contributed by atoms with Crippen molar-refractivity contribution in [2.24, 2.45) is 0 Å². The average Bonchev–Trinajstić information content (AvgIpc) is 2.17. The fourth-order valence-corrected chi connectivity index (χ4v) is 1.56. The van der Waals surface area contributed by atoms with E-state index in [9.17, 15) is 4.79 Å². The van der Waals surface area contributed by atoms with E-state index in [1.54, 1.807) is 6.07 Å². The predicted octanol–water partition coefficient (Wildman–Crippen LogP) is 2.81. The lowest BCUT2D eigenvalue weighted by atomic mass is 10.2. The van der Waals surface area contributed by atoms with Gasteiger partial charge >= 0.3 is 0 Å². The van der Waals surface area contributed by atoms with Gasteiger partial charge in [0, 0.05) is 9.86 Å². The molecule has 0 aliphatic heterocycles. The van der Waals surface area contributed by atoms with Gasteiger partial charge in [0.1, 0.15) is 5.69 Å². The van der Waals surface area contributed by atoms with Crippen molar-refractivity contribution in [3.8, 4) is 0 Å². The lowest BCUT2D eigenvalue weighted by Gasteiger charge is -1.97. The normalized spacial score (nSPS) is 10.2. The van der Waals surface area contributed by atoms with Crippen LogP contribution in [0.3, 0.4) is 0 Å². The predicted molar refractivity (Wildman–Crippen MR) is 54.8 cm³/mol. The summed E-state index contributed by atoms with van der Waals surface area (Å²) in [6.45, 7) is 0. The van der Waals surface area contributed by atoms with Crippen molar-refractivity contribution in [1.82, 2.24) is 4.98 Å². The molecule has 0 radical (unpaired) electrons. The quantitative estimate of drug-likeness (QED) is 0.712. The Morgan fingerprint density at radius 2 is 2.08 bits per heavy atom. The second-order valence-corrected chi connectivity index (χ2v) is 3.61. The van der Waals surface area contributed by atoms with E-state index in [1.807, 2.05) is 24.3 Å². The van der Waals surface area contributed by atoms with Gasteiger partial charge in [0.15, 0.2) is 6.29 Å². The van der Waals surface area contributed by atoms with E-state index >= 15 is 0 Å². The summed E-state index contributed by atoms with van der Waals surface area (Å²) in [6.07, 6.45) is 0.751. The fourth-order valence-electron chi connectivity index (χ4n) is 1.18. The van der Waals surface area contributed by atoms with E-state index in [1.165, 1.54) is 0 Å². The summed E-state index contributed by atoms with van der Waals surface area (Å²) >= 11 is 3.37. The molecule has 0 fully saturated rings. The van der Waals surface area contributed by atoms with Crippen molar-refractivity contribution >= 4 is 33.1 Å². The Bertz CT molecular complexity index is 467. The Morgan fingerprint density at radius 3 is 2.85 bits per heavy atom. The van der Waals surface area contributed by atoms with Crippen LogP contribution in [-0.4, -0.2) is 11.3 Å². The van der Waals surface area contributed by atoms with Gasteiger partial charge in [-0.2, -0.15) is 0 Å². The van der Waals surface area contributed by atoms with Crippen molar-refractivity contribution in [3.05, 3.63) is 40.5 Å². The van der Waals surface area contributed by atoms with Crippen LogP contribution in [0.5, 0.6) is 0 Å². The molecule has 1 aromatic heterocycles. The second-order valence-electron chi connectivity index (χ2n) is 2.69. The first-order chi connectivity index (χ1) is 6.29. The minimum absolute atomic E-state index is 0.467. The first-order valence-corrected chi connectivity index (χ1v) is 4.60. The van der Waals surface area contributed by atoms with E-state index in [4.69, 9.17) is 0 Å². The number of pyridine rings is 1. The Morgan fingerprint density at radius 1 is 1.23 bits per heavy atom. The number of nitrogens with zero attached hydrogens (tertiary/aromatic N) is 1. The first-order valence-electron chi connectivity index (χ1n) is 3.81. The van der Waals surface area contributed by atoms with Crippen molar-refractivity contribution in [2.45, 2.75) is 0 Å². The summed E-state index contributed by atoms with van der Waals surface area (Å²) in [7, 11) is 0. The summed E-state index contributed by atoms with van der Waals surface area (Å²) in [6, 6.07) is 9.35.